The summed E-state index contributed by atoms with van der Waals surface area (Å²) in [5.41, 5.74) is 5.84. The fourth-order valence-electron chi connectivity index (χ4n) is 1.34. The molecule has 0 spiro atoms. The molecule has 0 saturated heterocycles. The van der Waals surface area contributed by atoms with E-state index >= 15 is 0 Å². The molecule has 0 bridgehead atoms. The number of H-pyrrole nitrogens is 1. The van der Waals surface area contributed by atoms with Crippen molar-refractivity contribution >= 4 is 23.2 Å². The summed E-state index contributed by atoms with van der Waals surface area (Å²) in [5, 5.41) is 11.6. The Morgan fingerprint density at radius 1 is 1.33 bits per heavy atom. The number of benzene rings is 1. The fourth-order valence-corrected chi connectivity index (χ4v) is 1.34. The molecule has 5 N–H and O–H groups in total. The van der Waals surface area contributed by atoms with E-state index in [0.29, 0.717) is 5.69 Å². The molecule has 0 amide bonds. The standard InChI is InChI=1S/C11H10N4O3/c12-8-9(13-5-14-10(8)16)15-7-3-1-6(2-4-7)11(17)18/h1-5H,12H2,(H,17,18)(H2,13,14,15,16). The molecule has 0 saturated carbocycles. The second-order valence-electron chi connectivity index (χ2n) is 3.50. The molecule has 7 heteroatoms. The third-order valence-corrected chi connectivity index (χ3v) is 2.28. The van der Waals surface area contributed by atoms with Crippen molar-refractivity contribution in [1.29, 1.82) is 0 Å². The normalized spacial score (nSPS) is 10.0. The van der Waals surface area contributed by atoms with Gasteiger partial charge in [-0.15, -0.1) is 0 Å². The highest BCUT2D eigenvalue weighted by Gasteiger charge is 2.06. The monoisotopic (exact) mass is 246 g/mol. The summed E-state index contributed by atoms with van der Waals surface area (Å²) in [7, 11) is 0. The average molecular weight is 246 g/mol. The van der Waals surface area contributed by atoms with Crippen LogP contribution in [0.5, 0.6) is 0 Å². The number of carboxylic acid groups (broad SMARTS) is 1. The van der Waals surface area contributed by atoms with Gasteiger partial charge in [0.1, 0.15) is 5.69 Å². The number of nitrogen functional groups attached to an aromatic ring is 1. The van der Waals surface area contributed by atoms with Gasteiger partial charge in [0, 0.05) is 5.69 Å². The Labute approximate surface area is 101 Å². The van der Waals surface area contributed by atoms with Crippen LogP contribution in [0.25, 0.3) is 0 Å². The molecule has 1 aromatic carbocycles. The molecule has 1 heterocycles. The van der Waals surface area contributed by atoms with Gasteiger partial charge in [0.05, 0.1) is 11.9 Å². The van der Waals surface area contributed by atoms with Crippen molar-refractivity contribution in [1.82, 2.24) is 9.97 Å². The van der Waals surface area contributed by atoms with Gasteiger partial charge in [0.25, 0.3) is 5.56 Å². The van der Waals surface area contributed by atoms with Gasteiger partial charge < -0.3 is 21.1 Å². The van der Waals surface area contributed by atoms with Crippen molar-refractivity contribution in [3.63, 3.8) is 0 Å². The summed E-state index contributed by atoms with van der Waals surface area (Å²) in [4.78, 5) is 28.1. The van der Waals surface area contributed by atoms with Crippen LogP contribution in [-0.2, 0) is 0 Å². The maximum atomic E-state index is 11.2. The van der Waals surface area contributed by atoms with Crippen LogP contribution in [0.15, 0.2) is 35.4 Å². The maximum Gasteiger partial charge on any atom is 0.335 e. The molecule has 2 aromatic rings. The van der Waals surface area contributed by atoms with Crippen LogP contribution in [0.3, 0.4) is 0 Å². The molecular weight excluding hydrogens is 236 g/mol. The van der Waals surface area contributed by atoms with E-state index in [1.807, 2.05) is 0 Å². The first-order valence-electron chi connectivity index (χ1n) is 5.01. The Balaban J connectivity index is 2.26. The van der Waals surface area contributed by atoms with Crippen LogP contribution in [0, 0.1) is 0 Å². The number of nitrogens with two attached hydrogens (primary N) is 1. The molecule has 2 rings (SSSR count). The smallest absolute Gasteiger partial charge is 0.335 e. The highest BCUT2D eigenvalue weighted by molar-refractivity contribution is 5.88. The summed E-state index contributed by atoms with van der Waals surface area (Å²) in [6.45, 7) is 0. The van der Waals surface area contributed by atoms with E-state index in [-0.39, 0.29) is 17.1 Å². The van der Waals surface area contributed by atoms with Gasteiger partial charge >= 0.3 is 5.97 Å². The van der Waals surface area contributed by atoms with E-state index in [9.17, 15) is 9.59 Å². The SMILES string of the molecule is Nc1c(Nc2ccc(C(=O)O)cc2)nc[nH]c1=O. The fraction of sp³-hybridized carbons (Fsp3) is 0. The van der Waals surface area contributed by atoms with E-state index in [0.717, 1.165) is 0 Å². The van der Waals surface area contributed by atoms with Gasteiger partial charge in [-0.3, -0.25) is 4.79 Å². The Morgan fingerprint density at radius 3 is 2.61 bits per heavy atom. The zero-order valence-electron chi connectivity index (χ0n) is 9.18. The first kappa shape index (κ1) is 11.6. The van der Waals surface area contributed by atoms with E-state index in [1.165, 1.54) is 18.5 Å². The van der Waals surface area contributed by atoms with Crippen LogP contribution >= 0.6 is 0 Å². The summed E-state index contributed by atoms with van der Waals surface area (Å²) in [6.07, 6.45) is 1.23. The number of carboxylic acids is 1. The average Bonchev–Trinajstić information content (AvgIpc) is 2.36. The van der Waals surface area contributed by atoms with Crippen LogP contribution in [0.4, 0.5) is 17.2 Å². The molecule has 92 valence electrons. The number of nitrogens with one attached hydrogen (secondary N) is 2. The third-order valence-electron chi connectivity index (χ3n) is 2.28. The molecule has 0 atom stereocenters. The molecular formula is C11H10N4O3. The van der Waals surface area contributed by atoms with Gasteiger partial charge in [-0.05, 0) is 24.3 Å². The van der Waals surface area contributed by atoms with Crippen molar-refractivity contribution in [3.8, 4) is 0 Å². The highest BCUT2D eigenvalue weighted by Crippen LogP contribution is 2.17. The first-order valence-corrected chi connectivity index (χ1v) is 5.01. The van der Waals surface area contributed by atoms with Gasteiger partial charge in [-0.25, -0.2) is 9.78 Å². The molecule has 0 unspecified atom stereocenters. The number of carbonyl (C=O) groups is 1. The first-order chi connectivity index (χ1) is 8.58. The van der Waals surface area contributed by atoms with Crippen LogP contribution in [0.2, 0.25) is 0 Å². The number of hydrogen-bond donors (Lipinski definition) is 4. The summed E-state index contributed by atoms with van der Waals surface area (Å²) in [6, 6.07) is 6.00. The summed E-state index contributed by atoms with van der Waals surface area (Å²) >= 11 is 0. The largest absolute Gasteiger partial charge is 0.478 e. The second-order valence-corrected chi connectivity index (χ2v) is 3.50. The Kier molecular flexibility index (Phi) is 2.96. The van der Waals surface area contributed by atoms with Crippen molar-refractivity contribution in [2.45, 2.75) is 0 Å². The molecule has 0 aliphatic heterocycles. The zero-order valence-corrected chi connectivity index (χ0v) is 9.18. The lowest BCUT2D eigenvalue weighted by molar-refractivity contribution is 0.0697. The van der Waals surface area contributed by atoms with Crippen molar-refractivity contribution in [2.24, 2.45) is 0 Å². The predicted octanol–water partition coefficient (Wildman–Crippen LogP) is 0.794. The van der Waals surface area contributed by atoms with E-state index in [4.69, 9.17) is 10.8 Å². The number of aromatic amines is 1. The lowest BCUT2D eigenvalue weighted by atomic mass is 10.2. The van der Waals surface area contributed by atoms with Crippen LogP contribution < -0.4 is 16.6 Å². The van der Waals surface area contributed by atoms with Crippen molar-refractivity contribution < 1.29 is 9.90 Å². The van der Waals surface area contributed by atoms with Crippen LogP contribution in [-0.4, -0.2) is 21.0 Å². The number of aromatic carboxylic acids is 1. The van der Waals surface area contributed by atoms with Crippen LogP contribution in [0.1, 0.15) is 10.4 Å². The lowest BCUT2D eigenvalue weighted by Crippen LogP contribution is -2.14. The van der Waals surface area contributed by atoms with Crippen molar-refractivity contribution in [2.75, 3.05) is 11.1 Å². The number of nitrogens with zero attached hydrogens (tertiary/aromatic N) is 1. The Hall–Kier alpha value is -2.83. The quantitative estimate of drug-likeness (QED) is 0.635. The zero-order chi connectivity index (χ0) is 13.1. The lowest BCUT2D eigenvalue weighted by Gasteiger charge is -2.07. The molecule has 1 aromatic heterocycles. The highest BCUT2D eigenvalue weighted by atomic mass is 16.4. The van der Waals surface area contributed by atoms with E-state index in [1.54, 1.807) is 12.1 Å². The van der Waals surface area contributed by atoms with Gasteiger partial charge in [-0.1, -0.05) is 0 Å². The minimum absolute atomic E-state index is 0.0280. The third kappa shape index (κ3) is 2.29. The minimum Gasteiger partial charge on any atom is -0.478 e. The van der Waals surface area contributed by atoms with E-state index in [2.05, 4.69) is 15.3 Å². The topological polar surface area (TPSA) is 121 Å². The maximum absolute atomic E-state index is 11.2. The second kappa shape index (κ2) is 4.58. The number of rotatable bonds is 3. The number of aromatic nitrogens is 2. The number of hydrogen-bond acceptors (Lipinski definition) is 5. The molecule has 0 aliphatic rings. The Morgan fingerprint density at radius 2 is 2.00 bits per heavy atom. The molecule has 18 heavy (non-hydrogen) atoms. The van der Waals surface area contributed by atoms with Gasteiger partial charge in [-0.2, -0.15) is 0 Å². The Bertz CT molecular complexity index is 633. The molecule has 0 radical (unpaired) electrons. The molecule has 7 nitrogen and oxygen atoms in total. The predicted molar refractivity (Wildman–Crippen MR) is 66.0 cm³/mol. The van der Waals surface area contributed by atoms with E-state index < -0.39 is 11.5 Å². The van der Waals surface area contributed by atoms with Gasteiger partial charge in [0.15, 0.2) is 5.82 Å². The molecule has 0 aliphatic carbocycles. The minimum atomic E-state index is -1.00. The molecule has 0 fully saturated rings. The van der Waals surface area contributed by atoms with Gasteiger partial charge in [0.2, 0.25) is 0 Å². The number of anilines is 3. The van der Waals surface area contributed by atoms with Crippen molar-refractivity contribution in [3.05, 3.63) is 46.5 Å². The summed E-state index contributed by atoms with van der Waals surface area (Å²) < 4.78 is 0. The summed E-state index contributed by atoms with van der Waals surface area (Å²) in [5.74, 6) is -0.780.